The van der Waals surface area contributed by atoms with E-state index in [1.54, 1.807) is 0 Å². The number of guanidine groups is 1. The molecule has 0 aromatic heterocycles. The highest BCUT2D eigenvalue weighted by Gasteiger charge is 2.20. The lowest BCUT2D eigenvalue weighted by molar-refractivity contribution is 1.06. The minimum atomic E-state index is 0.452. The largest absolute Gasteiger partial charge is 0.370 e. The van der Waals surface area contributed by atoms with E-state index in [9.17, 15) is 0 Å². The van der Waals surface area contributed by atoms with Gasteiger partial charge in [0.1, 0.15) is 0 Å². The van der Waals surface area contributed by atoms with E-state index in [1.807, 2.05) is 12.1 Å². The van der Waals surface area contributed by atoms with Crippen LogP contribution in [0.5, 0.6) is 0 Å². The fourth-order valence-corrected chi connectivity index (χ4v) is 1.96. The molecule has 1 saturated carbocycles. The Morgan fingerprint density at radius 3 is 2.94 bits per heavy atom. The molecule has 0 unspecified atom stereocenters. The Morgan fingerprint density at radius 1 is 1.56 bits per heavy atom. The highest BCUT2D eigenvalue weighted by Crippen LogP contribution is 2.24. The maximum absolute atomic E-state index is 5.84. The van der Waals surface area contributed by atoms with Gasteiger partial charge >= 0.3 is 0 Å². The van der Waals surface area contributed by atoms with Gasteiger partial charge in [-0.15, -0.1) is 0 Å². The summed E-state index contributed by atoms with van der Waals surface area (Å²) in [5, 5.41) is 3.17. The molecular weight excluding hydrogens is 266 g/mol. The molecule has 0 bridgehead atoms. The Balaban J connectivity index is 2.13. The van der Waals surface area contributed by atoms with Gasteiger partial charge in [-0.1, -0.05) is 22.9 Å². The van der Waals surface area contributed by atoms with E-state index >= 15 is 0 Å². The van der Waals surface area contributed by atoms with Crippen molar-refractivity contribution in [1.82, 2.24) is 0 Å². The molecule has 1 aliphatic carbocycles. The Hall–Kier alpha value is -1.03. The third-order valence-electron chi connectivity index (χ3n) is 2.58. The van der Waals surface area contributed by atoms with Gasteiger partial charge in [-0.2, -0.15) is 0 Å². The van der Waals surface area contributed by atoms with Crippen molar-refractivity contribution in [2.24, 2.45) is 10.7 Å². The topological polar surface area (TPSA) is 50.4 Å². The number of aryl methyl sites for hydroxylation is 1. The van der Waals surface area contributed by atoms with Crippen molar-refractivity contribution >= 4 is 27.6 Å². The quantitative estimate of drug-likeness (QED) is 0.661. The number of anilines is 1. The molecule has 86 valence electrons. The molecular formula is C12H16BrN3. The maximum atomic E-state index is 5.84. The molecule has 16 heavy (non-hydrogen) atoms. The van der Waals surface area contributed by atoms with Crippen molar-refractivity contribution < 1.29 is 0 Å². The zero-order chi connectivity index (χ0) is 11.5. The van der Waals surface area contributed by atoms with Crippen LogP contribution in [0.1, 0.15) is 25.3 Å². The molecule has 0 spiro atoms. The molecule has 4 heteroatoms. The summed E-state index contributed by atoms with van der Waals surface area (Å²) < 4.78 is 1.09. The minimum Gasteiger partial charge on any atom is -0.370 e. The first-order valence-corrected chi connectivity index (χ1v) is 6.37. The monoisotopic (exact) mass is 281 g/mol. The van der Waals surface area contributed by atoms with Gasteiger partial charge in [-0.25, -0.2) is 4.99 Å². The first kappa shape index (κ1) is 11.5. The average Bonchev–Trinajstić information content (AvgIpc) is 3.04. The number of nitrogens with zero attached hydrogens (tertiary/aromatic N) is 1. The van der Waals surface area contributed by atoms with Crippen molar-refractivity contribution in [1.29, 1.82) is 0 Å². The van der Waals surface area contributed by atoms with Crippen LogP contribution in [0.4, 0.5) is 5.69 Å². The molecule has 0 heterocycles. The summed E-state index contributed by atoms with van der Waals surface area (Å²) in [4.78, 5) is 4.35. The first-order chi connectivity index (χ1) is 7.69. The molecule has 0 saturated heterocycles. The van der Waals surface area contributed by atoms with Gasteiger partial charge in [0, 0.05) is 10.2 Å². The number of hydrogen-bond donors (Lipinski definition) is 2. The summed E-state index contributed by atoms with van der Waals surface area (Å²) in [6.45, 7) is 2.13. The zero-order valence-corrected chi connectivity index (χ0v) is 10.9. The van der Waals surface area contributed by atoms with Crippen LogP contribution in [-0.4, -0.2) is 12.0 Å². The van der Waals surface area contributed by atoms with Gasteiger partial charge in [0.2, 0.25) is 0 Å². The normalized spacial score (nSPS) is 16.2. The third kappa shape index (κ3) is 2.98. The summed E-state index contributed by atoms with van der Waals surface area (Å²) in [6, 6.07) is 6.59. The fraction of sp³-hybridized carbons (Fsp3) is 0.417. The SMILES string of the molecule is CCc1cc(Br)ccc1NC(N)=NC1CC1. The number of hydrogen-bond acceptors (Lipinski definition) is 1. The second-order valence-electron chi connectivity index (χ2n) is 4.03. The van der Waals surface area contributed by atoms with Crippen LogP contribution >= 0.6 is 15.9 Å². The Bertz CT molecular complexity index is 411. The number of nitrogens with two attached hydrogens (primary N) is 1. The van der Waals surface area contributed by atoms with Crippen molar-refractivity contribution in [2.45, 2.75) is 32.2 Å². The predicted molar refractivity (Wildman–Crippen MR) is 71.8 cm³/mol. The number of nitrogens with one attached hydrogen (secondary N) is 1. The fourth-order valence-electron chi connectivity index (χ4n) is 1.55. The van der Waals surface area contributed by atoms with Crippen LogP contribution in [0.25, 0.3) is 0 Å². The van der Waals surface area contributed by atoms with E-state index in [-0.39, 0.29) is 0 Å². The van der Waals surface area contributed by atoms with E-state index in [4.69, 9.17) is 5.73 Å². The third-order valence-corrected chi connectivity index (χ3v) is 3.07. The lowest BCUT2D eigenvalue weighted by Crippen LogP contribution is -2.23. The van der Waals surface area contributed by atoms with Crippen molar-refractivity contribution in [3.8, 4) is 0 Å². The highest BCUT2D eigenvalue weighted by molar-refractivity contribution is 9.10. The van der Waals surface area contributed by atoms with E-state index in [0.29, 0.717) is 12.0 Å². The maximum Gasteiger partial charge on any atom is 0.193 e. The molecule has 0 aliphatic heterocycles. The van der Waals surface area contributed by atoms with Gasteiger partial charge in [0.15, 0.2) is 5.96 Å². The number of halogens is 1. The number of benzene rings is 1. The van der Waals surface area contributed by atoms with Crippen LogP contribution in [0.3, 0.4) is 0 Å². The Morgan fingerprint density at radius 2 is 2.31 bits per heavy atom. The van der Waals surface area contributed by atoms with Crippen molar-refractivity contribution in [3.05, 3.63) is 28.2 Å². The molecule has 1 aromatic carbocycles. The molecule has 0 atom stereocenters. The van der Waals surface area contributed by atoms with Crippen LogP contribution < -0.4 is 11.1 Å². The molecule has 1 fully saturated rings. The van der Waals surface area contributed by atoms with Crippen LogP contribution in [0, 0.1) is 0 Å². The summed E-state index contributed by atoms with van der Waals surface area (Å²) in [7, 11) is 0. The van der Waals surface area contributed by atoms with Gasteiger partial charge in [-0.05, 0) is 43.0 Å². The summed E-state index contributed by atoms with van der Waals surface area (Å²) in [6.07, 6.45) is 3.31. The smallest absolute Gasteiger partial charge is 0.193 e. The van der Waals surface area contributed by atoms with Gasteiger partial charge in [-0.3, -0.25) is 0 Å². The van der Waals surface area contributed by atoms with Crippen LogP contribution in [0.2, 0.25) is 0 Å². The summed E-state index contributed by atoms with van der Waals surface area (Å²) in [5.74, 6) is 0.527. The van der Waals surface area contributed by atoms with Crippen molar-refractivity contribution in [3.63, 3.8) is 0 Å². The molecule has 1 aromatic rings. The van der Waals surface area contributed by atoms with Crippen LogP contribution in [-0.2, 0) is 6.42 Å². The molecule has 0 radical (unpaired) electrons. The van der Waals surface area contributed by atoms with Gasteiger partial charge in [0.05, 0.1) is 6.04 Å². The minimum absolute atomic E-state index is 0.452. The average molecular weight is 282 g/mol. The lowest BCUT2D eigenvalue weighted by Gasteiger charge is -2.10. The van der Waals surface area contributed by atoms with E-state index in [2.05, 4.69) is 39.2 Å². The number of rotatable bonds is 3. The lowest BCUT2D eigenvalue weighted by atomic mass is 10.1. The highest BCUT2D eigenvalue weighted by atomic mass is 79.9. The standard InChI is InChI=1S/C12H16BrN3/c1-2-8-7-9(13)3-6-11(8)16-12(14)15-10-4-5-10/h3,6-7,10H,2,4-5H2,1H3,(H3,14,15,16). The predicted octanol–water partition coefficient (Wildman–Crippen LogP) is 2.90. The first-order valence-electron chi connectivity index (χ1n) is 5.57. The summed E-state index contributed by atoms with van der Waals surface area (Å²) in [5.41, 5.74) is 8.12. The molecule has 3 N–H and O–H groups in total. The van der Waals surface area contributed by atoms with Gasteiger partial charge < -0.3 is 11.1 Å². The van der Waals surface area contributed by atoms with E-state index in [0.717, 1.165) is 16.6 Å². The van der Waals surface area contributed by atoms with Crippen molar-refractivity contribution in [2.75, 3.05) is 5.32 Å². The van der Waals surface area contributed by atoms with E-state index < -0.39 is 0 Å². The molecule has 2 rings (SSSR count). The Labute approximate surface area is 104 Å². The Kier molecular flexibility index (Phi) is 3.49. The molecule has 0 amide bonds. The second-order valence-corrected chi connectivity index (χ2v) is 4.94. The zero-order valence-electron chi connectivity index (χ0n) is 9.33. The van der Waals surface area contributed by atoms with Gasteiger partial charge in [0.25, 0.3) is 0 Å². The summed E-state index contributed by atoms with van der Waals surface area (Å²) >= 11 is 3.46. The van der Waals surface area contributed by atoms with Crippen LogP contribution in [0.15, 0.2) is 27.7 Å². The second kappa shape index (κ2) is 4.87. The number of aliphatic imine (C=N–C) groups is 1. The molecule has 3 nitrogen and oxygen atoms in total. The van der Waals surface area contributed by atoms with E-state index in [1.165, 1.54) is 18.4 Å². The molecule has 1 aliphatic rings.